The Balaban J connectivity index is 1.38. The van der Waals surface area contributed by atoms with Gasteiger partial charge in [0.1, 0.15) is 6.10 Å². The van der Waals surface area contributed by atoms with Crippen LogP contribution in [-0.2, 0) is 9.53 Å². The fraction of sp³-hybridized carbons (Fsp3) is 0.920. The predicted molar refractivity (Wildman–Crippen MR) is 112 cm³/mol. The Morgan fingerprint density at radius 2 is 1.54 bits per heavy atom. The minimum Gasteiger partial charge on any atom is -0.462 e. The molecule has 3 rings (SSSR count). The monoisotopic (exact) mass is 387 g/mol. The number of esters is 1. The third-order valence-electron chi connectivity index (χ3n) is 8.38. The fourth-order valence-corrected chi connectivity index (χ4v) is 6.31. The third kappa shape index (κ3) is 5.31. The highest BCUT2D eigenvalue weighted by atomic mass is 16.5. The third-order valence-corrected chi connectivity index (χ3v) is 8.38. The topological polar surface area (TPSA) is 50.1 Å². The number of hydrogen-bond donors (Lipinski definition) is 0. The number of ether oxygens (including phenoxy) is 1. The lowest BCUT2D eigenvalue weighted by atomic mass is 9.64. The Labute approximate surface area is 172 Å². The summed E-state index contributed by atoms with van der Waals surface area (Å²) in [5, 5.41) is 9.63. The van der Waals surface area contributed by atoms with Gasteiger partial charge in [0.2, 0.25) is 0 Å². The van der Waals surface area contributed by atoms with Crippen molar-refractivity contribution in [1.29, 1.82) is 5.26 Å². The maximum atomic E-state index is 12.6. The highest BCUT2D eigenvalue weighted by molar-refractivity contribution is 5.72. The van der Waals surface area contributed by atoms with Gasteiger partial charge in [0, 0.05) is 0 Å². The zero-order valence-corrected chi connectivity index (χ0v) is 18.3. The molecular weight excluding hydrogens is 346 g/mol. The number of carbonyl (C=O) groups excluding carboxylic acids is 1. The highest BCUT2D eigenvalue weighted by Gasteiger charge is 2.38. The van der Waals surface area contributed by atoms with Crippen LogP contribution >= 0.6 is 0 Å². The summed E-state index contributed by atoms with van der Waals surface area (Å²) >= 11 is 0. The van der Waals surface area contributed by atoms with Crippen molar-refractivity contribution in [3.8, 4) is 6.07 Å². The van der Waals surface area contributed by atoms with E-state index in [4.69, 9.17) is 4.74 Å². The Bertz CT molecular complexity index is 527. The van der Waals surface area contributed by atoms with Gasteiger partial charge in [0.15, 0.2) is 0 Å². The summed E-state index contributed by atoms with van der Waals surface area (Å²) in [5.74, 6) is 2.66. The molecule has 3 nitrogen and oxygen atoms in total. The molecule has 3 fully saturated rings. The molecule has 0 amide bonds. The quantitative estimate of drug-likeness (QED) is 0.471. The maximum absolute atomic E-state index is 12.6. The van der Waals surface area contributed by atoms with Crippen molar-refractivity contribution in [2.45, 2.75) is 116 Å². The molecule has 0 aliphatic heterocycles. The molecule has 0 N–H and O–H groups in total. The van der Waals surface area contributed by atoms with Crippen LogP contribution in [0.4, 0.5) is 0 Å². The lowest BCUT2D eigenvalue weighted by Gasteiger charge is -2.40. The van der Waals surface area contributed by atoms with Crippen LogP contribution in [0.5, 0.6) is 0 Å². The van der Waals surface area contributed by atoms with E-state index in [9.17, 15) is 10.1 Å². The van der Waals surface area contributed by atoms with Gasteiger partial charge in [-0.3, -0.25) is 4.79 Å². The average molecular weight is 388 g/mol. The van der Waals surface area contributed by atoms with Crippen LogP contribution in [0.2, 0.25) is 0 Å². The zero-order chi connectivity index (χ0) is 20.0. The first-order valence-electron chi connectivity index (χ1n) is 12.2. The molecular formula is C25H41NO2. The second kappa shape index (κ2) is 10.1. The van der Waals surface area contributed by atoms with Crippen molar-refractivity contribution in [1.82, 2.24) is 0 Å². The first-order valence-corrected chi connectivity index (χ1v) is 12.2. The largest absolute Gasteiger partial charge is 0.462 e. The van der Waals surface area contributed by atoms with E-state index in [1.165, 1.54) is 44.9 Å². The fourth-order valence-electron chi connectivity index (χ4n) is 6.31. The molecule has 0 spiro atoms. The van der Waals surface area contributed by atoms with E-state index in [2.05, 4.69) is 19.9 Å². The van der Waals surface area contributed by atoms with Crippen LogP contribution in [-0.4, -0.2) is 12.1 Å². The second-order valence-electron chi connectivity index (χ2n) is 10.1. The van der Waals surface area contributed by atoms with E-state index in [0.29, 0.717) is 0 Å². The van der Waals surface area contributed by atoms with Crippen molar-refractivity contribution in [2.75, 3.05) is 0 Å². The molecule has 3 aliphatic rings. The molecule has 3 saturated carbocycles. The summed E-state index contributed by atoms with van der Waals surface area (Å²) < 4.78 is 5.94. The predicted octanol–water partition coefficient (Wildman–Crippen LogP) is 6.81. The molecule has 0 radical (unpaired) electrons. The zero-order valence-electron chi connectivity index (χ0n) is 18.3. The van der Waals surface area contributed by atoms with Gasteiger partial charge in [-0.1, -0.05) is 26.7 Å². The smallest absolute Gasteiger partial charge is 0.309 e. The lowest BCUT2D eigenvalue weighted by molar-refractivity contribution is -0.157. The molecule has 0 aromatic rings. The molecule has 0 heterocycles. The van der Waals surface area contributed by atoms with Crippen LogP contribution in [0, 0.1) is 40.4 Å². The number of rotatable bonds is 6. The van der Waals surface area contributed by atoms with Crippen molar-refractivity contribution in [3.05, 3.63) is 0 Å². The summed E-state index contributed by atoms with van der Waals surface area (Å²) in [6, 6.07) is 2.65. The molecule has 0 saturated heterocycles. The second-order valence-corrected chi connectivity index (χ2v) is 10.1. The van der Waals surface area contributed by atoms with Crippen LogP contribution in [0.1, 0.15) is 110 Å². The van der Waals surface area contributed by atoms with Gasteiger partial charge in [-0.05, 0) is 101 Å². The Hall–Kier alpha value is -1.04. The Kier molecular flexibility index (Phi) is 7.84. The van der Waals surface area contributed by atoms with E-state index < -0.39 is 0 Å². The number of nitriles is 1. The molecule has 0 aromatic heterocycles. The van der Waals surface area contributed by atoms with Gasteiger partial charge in [-0.2, -0.15) is 5.26 Å². The molecule has 0 atom stereocenters. The van der Waals surface area contributed by atoms with E-state index in [0.717, 1.165) is 69.1 Å². The van der Waals surface area contributed by atoms with Crippen molar-refractivity contribution in [2.24, 2.45) is 29.1 Å². The van der Waals surface area contributed by atoms with Gasteiger partial charge in [-0.15, -0.1) is 0 Å². The van der Waals surface area contributed by atoms with Gasteiger partial charge in [0.05, 0.1) is 17.4 Å². The minimum atomic E-state index is -0.0330. The average Bonchev–Trinajstić information content (AvgIpc) is 2.75. The van der Waals surface area contributed by atoms with Crippen molar-refractivity contribution in [3.63, 3.8) is 0 Å². The molecule has 0 unspecified atom stereocenters. The molecule has 28 heavy (non-hydrogen) atoms. The number of carbonyl (C=O) groups is 1. The summed E-state index contributed by atoms with van der Waals surface area (Å²) in [7, 11) is 0. The number of nitrogens with zero attached hydrogens (tertiary/aromatic N) is 1. The SMILES string of the molecule is CCCC1(C#N)CCC(C2CCC(OC(=O)C3CCC(CC)CC3)CC2)CC1. The van der Waals surface area contributed by atoms with Crippen molar-refractivity contribution < 1.29 is 9.53 Å². The van der Waals surface area contributed by atoms with E-state index in [1.54, 1.807) is 0 Å². The van der Waals surface area contributed by atoms with E-state index in [-0.39, 0.29) is 23.4 Å². The normalized spacial score (nSPS) is 39.1. The van der Waals surface area contributed by atoms with Crippen LogP contribution in [0.3, 0.4) is 0 Å². The molecule has 0 aromatic carbocycles. The summed E-state index contributed by atoms with van der Waals surface area (Å²) in [6.45, 7) is 4.46. The lowest BCUT2D eigenvalue weighted by Crippen LogP contribution is -2.34. The maximum Gasteiger partial charge on any atom is 0.309 e. The Morgan fingerprint density at radius 3 is 2.07 bits per heavy atom. The van der Waals surface area contributed by atoms with E-state index >= 15 is 0 Å². The summed E-state index contributed by atoms with van der Waals surface area (Å²) in [4.78, 5) is 12.6. The Morgan fingerprint density at radius 1 is 0.929 bits per heavy atom. The van der Waals surface area contributed by atoms with E-state index in [1.807, 2.05) is 0 Å². The summed E-state index contributed by atoms with van der Waals surface area (Å²) in [5.41, 5.74) is -0.0330. The molecule has 3 aliphatic carbocycles. The standard InChI is InChI=1S/C25H41NO2/c1-3-15-25(18-26)16-13-21(14-17-25)20-9-11-23(12-10-20)28-24(27)22-7-5-19(4-2)6-8-22/h19-23H,3-17H2,1-2H3. The molecule has 158 valence electrons. The van der Waals surface area contributed by atoms with Crippen LogP contribution in [0.25, 0.3) is 0 Å². The minimum absolute atomic E-state index is 0.0330. The van der Waals surface area contributed by atoms with Crippen LogP contribution < -0.4 is 0 Å². The van der Waals surface area contributed by atoms with Crippen molar-refractivity contribution >= 4 is 5.97 Å². The van der Waals surface area contributed by atoms with Gasteiger partial charge < -0.3 is 4.74 Å². The molecule has 0 bridgehead atoms. The highest BCUT2D eigenvalue weighted by Crippen LogP contribution is 2.47. The first-order chi connectivity index (χ1) is 13.6. The van der Waals surface area contributed by atoms with Crippen LogP contribution in [0.15, 0.2) is 0 Å². The number of hydrogen-bond acceptors (Lipinski definition) is 3. The molecule has 3 heteroatoms. The first kappa shape index (κ1) is 21.7. The summed E-state index contributed by atoms with van der Waals surface area (Å²) in [6.07, 6.45) is 17.2. The van der Waals surface area contributed by atoms with Gasteiger partial charge in [0.25, 0.3) is 0 Å². The van der Waals surface area contributed by atoms with Gasteiger partial charge >= 0.3 is 5.97 Å². The van der Waals surface area contributed by atoms with Gasteiger partial charge in [-0.25, -0.2) is 0 Å².